The number of rotatable bonds is 4. The van der Waals surface area contributed by atoms with Crippen LogP contribution >= 0.6 is 0 Å². The topological polar surface area (TPSA) is 82.8 Å². The third kappa shape index (κ3) is 3.49. The fourth-order valence-corrected chi connectivity index (χ4v) is 3.88. The van der Waals surface area contributed by atoms with E-state index in [1.807, 2.05) is 38.1 Å². The largest absolute Gasteiger partial charge is 0.465 e. The lowest BCUT2D eigenvalue weighted by Gasteiger charge is -2.26. The van der Waals surface area contributed by atoms with Crippen molar-refractivity contribution in [2.75, 3.05) is 7.11 Å². The number of aromatic nitrogens is 5. The Balaban J connectivity index is 1.59. The van der Waals surface area contributed by atoms with Crippen molar-refractivity contribution in [2.24, 2.45) is 0 Å². The molecule has 2 aromatic carbocycles. The Morgan fingerprint density at radius 1 is 1.03 bits per heavy atom. The van der Waals surface area contributed by atoms with Crippen LogP contribution in [0.15, 0.2) is 66.9 Å². The van der Waals surface area contributed by atoms with Gasteiger partial charge in [-0.05, 0) is 61.9 Å². The highest BCUT2D eigenvalue weighted by Gasteiger charge is 2.27. The third-order valence-corrected chi connectivity index (χ3v) is 5.81. The molecule has 0 aliphatic carbocycles. The Hall–Kier alpha value is -4.20. The van der Waals surface area contributed by atoms with E-state index in [1.165, 1.54) is 19.2 Å². The molecule has 5 aromatic rings. The first-order valence-corrected chi connectivity index (χ1v) is 10.3. The molecule has 8 heteroatoms. The van der Waals surface area contributed by atoms with Crippen molar-refractivity contribution in [1.82, 2.24) is 25.0 Å². The summed E-state index contributed by atoms with van der Waals surface area (Å²) in [5.41, 5.74) is 3.52. The number of benzene rings is 2. The summed E-state index contributed by atoms with van der Waals surface area (Å²) in [5, 5.41) is 9.68. The minimum atomic E-state index is -0.725. The van der Waals surface area contributed by atoms with Gasteiger partial charge in [0.15, 0.2) is 5.65 Å². The third-order valence-electron chi connectivity index (χ3n) is 5.81. The van der Waals surface area contributed by atoms with Gasteiger partial charge in [0.05, 0.1) is 29.4 Å². The van der Waals surface area contributed by atoms with Gasteiger partial charge >= 0.3 is 5.97 Å². The van der Waals surface area contributed by atoms with Gasteiger partial charge in [-0.2, -0.15) is 0 Å². The summed E-state index contributed by atoms with van der Waals surface area (Å²) in [6.07, 6.45) is 1.77. The lowest BCUT2D eigenvalue weighted by Crippen LogP contribution is -2.29. The summed E-state index contributed by atoms with van der Waals surface area (Å²) in [6, 6.07) is 17.9. The molecule has 0 spiro atoms. The van der Waals surface area contributed by atoms with E-state index >= 15 is 0 Å². The Morgan fingerprint density at radius 3 is 2.64 bits per heavy atom. The minimum Gasteiger partial charge on any atom is -0.465 e. The normalized spacial score (nSPS) is 11.8. The molecule has 7 nitrogen and oxygen atoms in total. The second-order valence-electron chi connectivity index (χ2n) is 8.20. The van der Waals surface area contributed by atoms with Crippen LogP contribution in [0.25, 0.3) is 33.3 Å². The number of nitrogens with zero attached hydrogens (tertiary/aromatic N) is 5. The van der Waals surface area contributed by atoms with E-state index in [9.17, 15) is 9.18 Å². The Morgan fingerprint density at radius 2 is 1.85 bits per heavy atom. The predicted molar refractivity (Wildman–Crippen MR) is 122 cm³/mol. The molecule has 0 amide bonds. The monoisotopic (exact) mass is 441 g/mol. The number of carbonyl (C=O) groups excluding carboxylic acids is 1. The first-order chi connectivity index (χ1) is 15.9. The van der Waals surface area contributed by atoms with E-state index in [1.54, 1.807) is 29.1 Å². The highest BCUT2D eigenvalue weighted by molar-refractivity contribution is 5.90. The maximum atomic E-state index is 14.5. The summed E-state index contributed by atoms with van der Waals surface area (Å²) in [6.45, 7) is 4.08. The first-order valence-electron chi connectivity index (χ1n) is 10.3. The van der Waals surface area contributed by atoms with Crippen LogP contribution in [0, 0.1) is 5.82 Å². The maximum Gasteiger partial charge on any atom is 0.340 e. The number of fused-ring (bicyclic) bond motifs is 2. The number of hydrogen-bond acceptors (Lipinski definition) is 6. The molecule has 5 rings (SSSR count). The smallest absolute Gasteiger partial charge is 0.340 e. The van der Waals surface area contributed by atoms with Gasteiger partial charge in [0, 0.05) is 17.1 Å². The van der Waals surface area contributed by atoms with Gasteiger partial charge < -0.3 is 4.74 Å². The van der Waals surface area contributed by atoms with E-state index in [0.717, 1.165) is 16.5 Å². The standard InChI is InChI=1S/C25H20FN5O2/c1-25(2,17-7-9-20-15(13-17)5-4-12-27-20)31-23-22(29-30-31)11-10-21(28-23)16-6-8-18(19(26)14-16)24(32)33-3/h4-14H,1-3H3. The van der Waals surface area contributed by atoms with Crippen molar-refractivity contribution < 1.29 is 13.9 Å². The van der Waals surface area contributed by atoms with E-state index < -0.39 is 17.3 Å². The molecule has 0 aliphatic heterocycles. The average molecular weight is 441 g/mol. The molecule has 0 bridgehead atoms. The van der Waals surface area contributed by atoms with Gasteiger partial charge in [-0.3, -0.25) is 4.98 Å². The summed E-state index contributed by atoms with van der Waals surface area (Å²) >= 11 is 0. The molecule has 0 aliphatic rings. The number of carbonyl (C=O) groups is 1. The Labute approximate surface area is 188 Å². The average Bonchev–Trinajstić information content (AvgIpc) is 3.27. The van der Waals surface area contributed by atoms with Crippen LogP contribution in [0.4, 0.5) is 4.39 Å². The SMILES string of the molecule is COC(=O)c1ccc(-c2ccc3nnn(C(C)(C)c4ccc5ncccc5c4)c3n2)cc1F. The van der Waals surface area contributed by atoms with Crippen molar-refractivity contribution in [3.05, 3.63) is 83.8 Å². The molecular weight excluding hydrogens is 421 g/mol. The highest BCUT2D eigenvalue weighted by Crippen LogP contribution is 2.31. The van der Waals surface area contributed by atoms with E-state index in [0.29, 0.717) is 22.4 Å². The minimum absolute atomic E-state index is 0.124. The van der Waals surface area contributed by atoms with Crippen LogP contribution in [-0.4, -0.2) is 38.0 Å². The van der Waals surface area contributed by atoms with Crippen molar-refractivity contribution in [3.8, 4) is 11.3 Å². The van der Waals surface area contributed by atoms with Crippen LogP contribution in [0.2, 0.25) is 0 Å². The first kappa shape index (κ1) is 20.7. The lowest BCUT2D eigenvalue weighted by molar-refractivity contribution is 0.0595. The van der Waals surface area contributed by atoms with Gasteiger partial charge in [0.1, 0.15) is 11.3 Å². The molecule has 3 heterocycles. The van der Waals surface area contributed by atoms with Gasteiger partial charge in [-0.1, -0.05) is 23.4 Å². The molecule has 0 atom stereocenters. The molecule has 0 unspecified atom stereocenters. The molecule has 0 N–H and O–H groups in total. The summed E-state index contributed by atoms with van der Waals surface area (Å²) in [5.74, 6) is -1.39. The second kappa shape index (κ2) is 7.74. The predicted octanol–water partition coefficient (Wildman–Crippen LogP) is 4.75. The van der Waals surface area contributed by atoms with E-state index in [-0.39, 0.29) is 5.56 Å². The molecule has 3 aromatic heterocycles. The zero-order valence-electron chi connectivity index (χ0n) is 18.3. The van der Waals surface area contributed by atoms with Crippen LogP contribution < -0.4 is 0 Å². The van der Waals surface area contributed by atoms with Crippen LogP contribution in [0.3, 0.4) is 0 Å². The summed E-state index contributed by atoms with van der Waals surface area (Å²) in [7, 11) is 1.22. The van der Waals surface area contributed by atoms with Gasteiger partial charge in [-0.25, -0.2) is 18.9 Å². The quantitative estimate of drug-likeness (QED) is 0.374. The van der Waals surface area contributed by atoms with Crippen molar-refractivity contribution >= 4 is 28.0 Å². The maximum absolute atomic E-state index is 14.5. The number of methoxy groups -OCH3 is 1. The Kier molecular flexibility index (Phi) is 4.85. The summed E-state index contributed by atoms with van der Waals surface area (Å²) in [4.78, 5) is 20.8. The molecule has 0 radical (unpaired) electrons. The van der Waals surface area contributed by atoms with Crippen LogP contribution in [0.5, 0.6) is 0 Å². The number of ether oxygens (including phenoxy) is 1. The zero-order valence-corrected chi connectivity index (χ0v) is 18.3. The zero-order chi connectivity index (χ0) is 23.2. The molecule has 0 saturated heterocycles. The van der Waals surface area contributed by atoms with Crippen LogP contribution in [-0.2, 0) is 10.3 Å². The van der Waals surface area contributed by atoms with Crippen molar-refractivity contribution in [3.63, 3.8) is 0 Å². The van der Waals surface area contributed by atoms with E-state index in [2.05, 4.69) is 26.1 Å². The van der Waals surface area contributed by atoms with Crippen LogP contribution in [0.1, 0.15) is 29.8 Å². The number of pyridine rings is 2. The second-order valence-corrected chi connectivity index (χ2v) is 8.20. The van der Waals surface area contributed by atoms with Crippen molar-refractivity contribution in [2.45, 2.75) is 19.4 Å². The lowest BCUT2D eigenvalue weighted by atomic mass is 9.93. The number of esters is 1. The highest BCUT2D eigenvalue weighted by atomic mass is 19.1. The fourth-order valence-electron chi connectivity index (χ4n) is 3.88. The van der Waals surface area contributed by atoms with Gasteiger partial charge in [0.2, 0.25) is 0 Å². The number of hydrogen-bond donors (Lipinski definition) is 0. The molecule has 0 saturated carbocycles. The molecule has 0 fully saturated rings. The molecular formula is C25H20FN5O2. The number of halogens is 1. The van der Waals surface area contributed by atoms with Gasteiger partial charge in [0.25, 0.3) is 0 Å². The molecule has 164 valence electrons. The van der Waals surface area contributed by atoms with Crippen molar-refractivity contribution in [1.29, 1.82) is 0 Å². The molecule has 33 heavy (non-hydrogen) atoms. The van der Waals surface area contributed by atoms with Gasteiger partial charge in [-0.15, -0.1) is 5.10 Å². The summed E-state index contributed by atoms with van der Waals surface area (Å²) < 4.78 is 20.9. The Bertz CT molecular complexity index is 1530. The fraction of sp³-hybridized carbons (Fsp3) is 0.160. The van der Waals surface area contributed by atoms with E-state index in [4.69, 9.17) is 4.98 Å².